The molecule has 6 rings (SSSR count). The topological polar surface area (TPSA) is 99.9 Å². The molecule has 2 amide bonds. The zero-order valence-corrected chi connectivity index (χ0v) is 22.1. The SMILES string of the molecule is NC1(C(=O)N2CCN(C(=O)c3ccc(-c4ccc5c(c4)NC4(CCCCCCCC4)N5)cc3)CC2)COC1. The van der Waals surface area contributed by atoms with Crippen LogP contribution in [0, 0.1) is 0 Å². The Balaban J connectivity index is 1.09. The molecule has 0 unspecified atom stereocenters. The Bertz CT molecular complexity index is 1170. The second kappa shape index (κ2) is 10.2. The fourth-order valence-electron chi connectivity index (χ4n) is 6.28. The number of carbonyl (C=O) groups excluding carboxylic acids is 2. The minimum absolute atomic E-state index is 0.0000466. The lowest BCUT2D eigenvalue weighted by molar-refractivity contribution is -0.155. The molecule has 2 aromatic rings. The van der Waals surface area contributed by atoms with Gasteiger partial charge in [0.05, 0.1) is 24.6 Å². The molecule has 1 aliphatic carbocycles. The van der Waals surface area contributed by atoms with Crippen LogP contribution in [-0.2, 0) is 9.53 Å². The number of carbonyl (C=O) groups is 2. The maximum absolute atomic E-state index is 13.1. The molecule has 0 radical (unpaired) electrons. The number of hydrogen-bond donors (Lipinski definition) is 3. The molecule has 1 saturated carbocycles. The monoisotopic (exact) mass is 517 g/mol. The highest BCUT2D eigenvalue weighted by Gasteiger charge is 2.45. The van der Waals surface area contributed by atoms with Gasteiger partial charge in [0.1, 0.15) is 11.2 Å². The molecule has 8 nitrogen and oxygen atoms in total. The van der Waals surface area contributed by atoms with Crippen LogP contribution in [0.3, 0.4) is 0 Å². The number of fused-ring (bicyclic) bond motifs is 1. The molecule has 8 heteroatoms. The number of benzene rings is 2. The van der Waals surface area contributed by atoms with Gasteiger partial charge >= 0.3 is 0 Å². The van der Waals surface area contributed by atoms with Crippen molar-refractivity contribution in [1.82, 2.24) is 9.80 Å². The first-order valence-electron chi connectivity index (χ1n) is 14.2. The zero-order valence-electron chi connectivity index (χ0n) is 22.1. The number of anilines is 2. The molecular formula is C30H39N5O3. The molecule has 0 atom stereocenters. The summed E-state index contributed by atoms with van der Waals surface area (Å²) < 4.78 is 5.13. The van der Waals surface area contributed by atoms with Gasteiger partial charge in [0.15, 0.2) is 0 Å². The summed E-state index contributed by atoms with van der Waals surface area (Å²) in [6, 6.07) is 14.5. The Labute approximate surface area is 224 Å². The van der Waals surface area contributed by atoms with Crippen molar-refractivity contribution in [2.75, 3.05) is 50.0 Å². The third-order valence-corrected chi connectivity index (χ3v) is 8.69. The molecule has 0 bridgehead atoms. The van der Waals surface area contributed by atoms with Gasteiger partial charge in [0.25, 0.3) is 5.91 Å². The van der Waals surface area contributed by atoms with Crippen LogP contribution >= 0.6 is 0 Å². The van der Waals surface area contributed by atoms with E-state index in [0.717, 1.165) is 24.0 Å². The lowest BCUT2D eigenvalue weighted by Gasteiger charge is -2.43. The molecule has 4 aliphatic rings. The maximum Gasteiger partial charge on any atom is 0.253 e. The molecule has 1 spiro atoms. The summed E-state index contributed by atoms with van der Waals surface area (Å²) in [6.07, 6.45) is 10.1. The van der Waals surface area contributed by atoms with E-state index in [4.69, 9.17) is 10.5 Å². The van der Waals surface area contributed by atoms with Crippen molar-refractivity contribution in [2.24, 2.45) is 5.73 Å². The van der Waals surface area contributed by atoms with Gasteiger partial charge in [0.2, 0.25) is 5.91 Å². The number of nitrogens with zero attached hydrogens (tertiary/aromatic N) is 2. The average molecular weight is 518 g/mol. The average Bonchev–Trinajstić information content (AvgIpc) is 3.34. The van der Waals surface area contributed by atoms with Crippen molar-refractivity contribution in [1.29, 1.82) is 0 Å². The van der Waals surface area contributed by atoms with Crippen LogP contribution in [0.25, 0.3) is 11.1 Å². The highest BCUT2D eigenvalue weighted by molar-refractivity contribution is 5.95. The summed E-state index contributed by atoms with van der Waals surface area (Å²) in [5.41, 5.74) is 10.4. The minimum atomic E-state index is -0.889. The molecule has 202 valence electrons. The zero-order chi connectivity index (χ0) is 26.2. The Kier molecular flexibility index (Phi) is 6.78. The van der Waals surface area contributed by atoms with Crippen LogP contribution in [-0.4, -0.2) is 72.2 Å². The van der Waals surface area contributed by atoms with Crippen molar-refractivity contribution >= 4 is 23.2 Å². The van der Waals surface area contributed by atoms with Crippen LogP contribution in [0.15, 0.2) is 42.5 Å². The molecular weight excluding hydrogens is 478 g/mol. The highest BCUT2D eigenvalue weighted by atomic mass is 16.5. The standard InChI is InChI=1S/C30H39N5O3/c31-29(20-38-21-29)28(37)35-17-15-34(16-18-35)27(36)23-9-7-22(8-10-23)24-11-12-25-26(19-24)33-30(32-25)13-5-3-1-2-4-6-14-30/h7-12,19,32-33H,1-6,13-18,20-21,31H2. The summed E-state index contributed by atoms with van der Waals surface area (Å²) >= 11 is 0. The van der Waals surface area contributed by atoms with Crippen LogP contribution in [0.4, 0.5) is 11.4 Å². The minimum Gasteiger partial charge on any atom is -0.376 e. The fourth-order valence-corrected chi connectivity index (χ4v) is 6.28. The number of rotatable bonds is 3. The number of nitrogens with one attached hydrogen (secondary N) is 2. The molecule has 2 saturated heterocycles. The van der Waals surface area contributed by atoms with Gasteiger partial charge < -0.3 is 30.9 Å². The van der Waals surface area contributed by atoms with E-state index in [9.17, 15) is 9.59 Å². The third-order valence-electron chi connectivity index (χ3n) is 8.69. The quantitative estimate of drug-likeness (QED) is 0.569. The van der Waals surface area contributed by atoms with Crippen LogP contribution in [0.5, 0.6) is 0 Å². The van der Waals surface area contributed by atoms with Crippen LogP contribution in [0.1, 0.15) is 61.7 Å². The molecule has 2 aromatic carbocycles. The summed E-state index contributed by atoms with van der Waals surface area (Å²) in [5.74, 6) is -0.0738. The van der Waals surface area contributed by atoms with Crippen LogP contribution in [0.2, 0.25) is 0 Å². The number of nitrogens with two attached hydrogens (primary N) is 1. The number of amides is 2. The molecule has 4 N–H and O–H groups in total. The second-order valence-corrected chi connectivity index (χ2v) is 11.5. The lowest BCUT2D eigenvalue weighted by Crippen LogP contribution is -2.68. The van der Waals surface area contributed by atoms with E-state index < -0.39 is 5.54 Å². The Hall–Kier alpha value is -3.10. The smallest absolute Gasteiger partial charge is 0.253 e. The van der Waals surface area contributed by atoms with E-state index >= 15 is 0 Å². The largest absolute Gasteiger partial charge is 0.376 e. The summed E-state index contributed by atoms with van der Waals surface area (Å²) in [4.78, 5) is 29.4. The summed E-state index contributed by atoms with van der Waals surface area (Å²) in [7, 11) is 0. The van der Waals surface area contributed by atoms with Crippen molar-refractivity contribution < 1.29 is 14.3 Å². The molecule has 38 heavy (non-hydrogen) atoms. The first-order chi connectivity index (χ1) is 18.4. The van der Waals surface area contributed by atoms with E-state index in [1.165, 1.54) is 49.9 Å². The van der Waals surface area contributed by atoms with Crippen molar-refractivity contribution in [3.05, 3.63) is 48.0 Å². The molecule has 3 fully saturated rings. The van der Waals surface area contributed by atoms with Gasteiger partial charge in [-0.3, -0.25) is 9.59 Å². The number of ether oxygens (including phenoxy) is 1. The Morgan fingerprint density at radius 3 is 1.95 bits per heavy atom. The summed E-state index contributed by atoms with van der Waals surface area (Å²) in [6.45, 7) is 2.56. The predicted molar refractivity (Wildman–Crippen MR) is 149 cm³/mol. The first kappa shape index (κ1) is 25.2. The van der Waals surface area contributed by atoms with E-state index in [0.29, 0.717) is 31.7 Å². The van der Waals surface area contributed by atoms with Gasteiger partial charge in [-0.2, -0.15) is 0 Å². The van der Waals surface area contributed by atoms with Gasteiger partial charge in [-0.05, 0) is 61.1 Å². The Morgan fingerprint density at radius 2 is 1.32 bits per heavy atom. The van der Waals surface area contributed by atoms with Crippen molar-refractivity contribution in [2.45, 2.75) is 62.6 Å². The van der Waals surface area contributed by atoms with E-state index in [2.05, 4.69) is 28.8 Å². The Morgan fingerprint density at radius 1 is 0.737 bits per heavy atom. The first-order valence-corrected chi connectivity index (χ1v) is 14.2. The van der Waals surface area contributed by atoms with Crippen molar-refractivity contribution in [3.63, 3.8) is 0 Å². The van der Waals surface area contributed by atoms with Gasteiger partial charge in [-0.25, -0.2) is 0 Å². The number of piperazine rings is 1. The van der Waals surface area contributed by atoms with Gasteiger partial charge in [-0.1, -0.05) is 43.9 Å². The third kappa shape index (κ3) is 4.87. The predicted octanol–water partition coefficient (Wildman–Crippen LogP) is 4.03. The lowest BCUT2D eigenvalue weighted by atomic mass is 9.96. The molecule has 3 aliphatic heterocycles. The van der Waals surface area contributed by atoms with Gasteiger partial charge in [0, 0.05) is 31.7 Å². The van der Waals surface area contributed by atoms with Crippen LogP contribution < -0.4 is 16.4 Å². The van der Waals surface area contributed by atoms with Crippen molar-refractivity contribution in [3.8, 4) is 11.1 Å². The fraction of sp³-hybridized carbons (Fsp3) is 0.533. The van der Waals surface area contributed by atoms with E-state index in [-0.39, 0.29) is 30.7 Å². The van der Waals surface area contributed by atoms with Gasteiger partial charge in [-0.15, -0.1) is 0 Å². The highest BCUT2D eigenvalue weighted by Crippen LogP contribution is 2.42. The van der Waals surface area contributed by atoms with E-state index in [1.54, 1.807) is 4.90 Å². The summed E-state index contributed by atoms with van der Waals surface area (Å²) in [5, 5.41) is 7.65. The maximum atomic E-state index is 13.1. The normalized spacial score (nSPS) is 22.2. The second-order valence-electron chi connectivity index (χ2n) is 11.5. The number of hydrogen-bond acceptors (Lipinski definition) is 6. The molecule has 3 heterocycles. The van der Waals surface area contributed by atoms with E-state index in [1.807, 2.05) is 29.2 Å². The molecule has 0 aromatic heterocycles.